The number of aromatic nitrogens is 2. The average Bonchev–Trinajstić information content (AvgIpc) is 3.08. The van der Waals surface area contributed by atoms with Crippen LogP contribution in [0.15, 0.2) is 36.0 Å². The third kappa shape index (κ3) is 3.29. The summed E-state index contributed by atoms with van der Waals surface area (Å²) in [7, 11) is 0. The number of fused-ring (bicyclic) bond motifs is 1. The van der Waals surface area contributed by atoms with Crippen LogP contribution >= 0.6 is 11.3 Å². The summed E-state index contributed by atoms with van der Waals surface area (Å²) < 4.78 is 0. The normalized spacial score (nSPS) is 15.4. The van der Waals surface area contributed by atoms with Gasteiger partial charge in [0.2, 0.25) is 5.91 Å². The molecule has 0 radical (unpaired) electrons. The molecule has 1 saturated heterocycles. The highest BCUT2D eigenvalue weighted by Crippen LogP contribution is 2.37. The highest BCUT2D eigenvalue weighted by Gasteiger charge is 2.22. The van der Waals surface area contributed by atoms with Crippen LogP contribution in [0, 0.1) is 6.92 Å². The van der Waals surface area contributed by atoms with E-state index in [1.165, 1.54) is 16.7 Å². The minimum atomic E-state index is 0.160. The number of carbonyl (C=O) groups is 1. The van der Waals surface area contributed by atoms with Crippen molar-refractivity contribution in [3.05, 3.63) is 41.5 Å². The van der Waals surface area contributed by atoms with Gasteiger partial charge < -0.3 is 10.2 Å². The van der Waals surface area contributed by atoms with Crippen molar-refractivity contribution >= 4 is 33.3 Å². The maximum absolute atomic E-state index is 11.5. The Morgan fingerprint density at radius 3 is 2.62 bits per heavy atom. The van der Waals surface area contributed by atoms with Gasteiger partial charge in [0.15, 0.2) is 0 Å². The topological polar surface area (TPSA) is 58.1 Å². The Morgan fingerprint density at radius 1 is 1.19 bits per heavy atom. The lowest BCUT2D eigenvalue weighted by molar-refractivity contribution is -0.129. The molecule has 3 heterocycles. The van der Waals surface area contributed by atoms with Crippen molar-refractivity contribution in [1.82, 2.24) is 14.9 Å². The Bertz CT molecular complexity index is 927. The molecule has 3 aromatic rings. The van der Waals surface area contributed by atoms with Crippen LogP contribution in [0.3, 0.4) is 0 Å². The van der Waals surface area contributed by atoms with Gasteiger partial charge in [-0.25, -0.2) is 9.97 Å². The fraction of sp³-hybridized carbons (Fsp3) is 0.350. The fourth-order valence-electron chi connectivity index (χ4n) is 3.46. The second-order valence-corrected chi connectivity index (χ2v) is 7.70. The molecule has 1 amide bonds. The lowest BCUT2D eigenvalue weighted by Gasteiger charge is -2.32. The number of benzene rings is 1. The predicted molar refractivity (Wildman–Crippen MR) is 106 cm³/mol. The van der Waals surface area contributed by atoms with E-state index in [0.29, 0.717) is 6.04 Å². The molecular weight excluding hydrogens is 344 g/mol. The zero-order chi connectivity index (χ0) is 18.1. The van der Waals surface area contributed by atoms with E-state index in [4.69, 9.17) is 0 Å². The molecule has 4 rings (SSSR count). The van der Waals surface area contributed by atoms with Crippen LogP contribution in [0.25, 0.3) is 21.3 Å². The van der Waals surface area contributed by atoms with Crippen molar-refractivity contribution < 1.29 is 4.79 Å². The number of hydrogen-bond donors (Lipinski definition) is 1. The number of rotatable bonds is 3. The number of anilines is 1. The summed E-state index contributed by atoms with van der Waals surface area (Å²) in [6.07, 6.45) is 3.51. The molecule has 1 aliphatic heterocycles. The monoisotopic (exact) mass is 366 g/mol. The van der Waals surface area contributed by atoms with E-state index in [2.05, 4.69) is 51.9 Å². The van der Waals surface area contributed by atoms with Crippen LogP contribution < -0.4 is 5.32 Å². The Morgan fingerprint density at radius 2 is 1.92 bits per heavy atom. The zero-order valence-corrected chi connectivity index (χ0v) is 15.8. The van der Waals surface area contributed by atoms with Crippen molar-refractivity contribution in [3.8, 4) is 11.1 Å². The Hall–Kier alpha value is -2.47. The molecule has 1 N–H and O–H groups in total. The maximum atomic E-state index is 11.5. The lowest BCUT2D eigenvalue weighted by Crippen LogP contribution is -2.41. The van der Waals surface area contributed by atoms with Gasteiger partial charge in [0, 0.05) is 37.0 Å². The molecule has 0 saturated carbocycles. The van der Waals surface area contributed by atoms with Gasteiger partial charge >= 0.3 is 0 Å². The highest BCUT2D eigenvalue weighted by molar-refractivity contribution is 7.17. The van der Waals surface area contributed by atoms with E-state index in [0.717, 1.165) is 42.0 Å². The lowest BCUT2D eigenvalue weighted by atomic mass is 10.0. The molecule has 0 spiro atoms. The van der Waals surface area contributed by atoms with Gasteiger partial charge in [0.25, 0.3) is 0 Å². The quantitative estimate of drug-likeness (QED) is 0.758. The molecule has 0 aliphatic carbocycles. The van der Waals surface area contributed by atoms with Crippen molar-refractivity contribution in [1.29, 1.82) is 0 Å². The summed E-state index contributed by atoms with van der Waals surface area (Å²) in [5.41, 5.74) is 3.61. The van der Waals surface area contributed by atoms with Crippen molar-refractivity contribution in [2.45, 2.75) is 32.7 Å². The van der Waals surface area contributed by atoms with E-state index in [9.17, 15) is 4.79 Å². The second-order valence-electron chi connectivity index (χ2n) is 6.84. The first-order chi connectivity index (χ1) is 12.6. The number of thiophene rings is 1. The largest absolute Gasteiger partial charge is 0.367 e. The first-order valence-corrected chi connectivity index (χ1v) is 9.81. The Labute approximate surface area is 157 Å². The maximum Gasteiger partial charge on any atom is 0.219 e. The van der Waals surface area contributed by atoms with Gasteiger partial charge in [0.1, 0.15) is 17.0 Å². The molecule has 6 heteroatoms. The van der Waals surface area contributed by atoms with Crippen LogP contribution in [-0.2, 0) is 4.79 Å². The van der Waals surface area contributed by atoms with Crippen LogP contribution in [0.2, 0.25) is 0 Å². The van der Waals surface area contributed by atoms with Gasteiger partial charge in [-0.05, 0) is 25.3 Å². The number of likely N-dealkylation sites (tertiary alicyclic amines) is 1. The molecule has 5 nitrogen and oxygen atoms in total. The minimum absolute atomic E-state index is 0.160. The summed E-state index contributed by atoms with van der Waals surface area (Å²) in [5.74, 6) is 1.06. The number of piperidine rings is 1. The Kier molecular flexibility index (Phi) is 4.59. The standard InChI is InChI=1S/C20H22N4OS/c1-13-3-5-15(6-4-13)17-11-26-20-18(17)19(21-12-22-20)23-16-7-9-24(10-8-16)14(2)25/h3-6,11-12,16H,7-10H2,1-2H3,(H,21,22,23). The summed E-state index contributed by atoms with van der Waals surface area (Å²) in [6.45, 7) is 5.34. The molecule has 134 valence electrons. The molecule has 26 heavy (non-hydrogen) atoms. The number of nitrogens with zero attached hydrogens (tertiary/aromatic N) is 3. The number of carbonyl (C=O) groups excluding carboxylic acids is 1. The average molecular weight is 366 g/mol. The molecule has 1 aromatic carbocycles. The molecule has 0 unspecified atom stereocenters. The number of aryl methyl sites for hydroxylation is 1. The number of hydrogen-bond acceptors (Lipinski definition) is 5. The molecule has 1 aliphatic rings. The first-order valence-electron chi connectivity index (χ1n) is 8.93. The minimum Gasteiger partial charge on any atom is -0.367 e. The fourth-order valence-corrected chi connectivity index (χ4v) is 4.38. The van der Waals surface area contributed by atoms with Crippen molar-refractivity contribution in [2.24, 2.45) is 0 Å². The number of nitrogens with one attached hydrogen (secondary N) is 1. The van der Waals surface area contributed by atoms with E-state index in [1.807, 2.05) is 4.90 Å². The first kappa shape index (κ1) is 17.0. The SMILES string of the molecule is CC(=O)N1CCC(Nc2ncnc3scc(-c4ccc(C)cc4)c23)CC1. The summed E-state index contributed by atoms with van der Waals surface area (Å²) in [5, 5.41) is 6.86. The van der Waals surface area contributed by atoms with Crippen LogP contribution in [0.5, 0.6) is 0 Å². The Balaban J connectivity index is 1.63. The zero-order valence-electron chi connectivity index (χ0n) is 15.0. The highest BCUT2D eigenvalue weighted by atomic mass is 32.1. The van der Waals surface area contributed by atoms with E-state index < -0.39 is 0 Å². The molecule has 0 bridgehead atoms. The van der Waals surface area contributed by atoms with Crippen LogP contribution in [-0.4, -0.2) is 39.9 Å². The van der Waals surface area contributed by atoms with Crippen LogP contribution in [0.1, 0.15) is 25.3 Å². The van der Waals surface area contributed by atoms with E-state index >= 15 is 0 Å². The third-order valence-corrected chi connectivity index (χ3v) is 5.90. The van der Waals surface area contributed by atoms with Gasteiger partial charge in [0.05, 0.1) is 5.39 Å². The molecule has 2 aromatic heterocycles. The van der Waals surface area contributed by atoms with Gasteiger partial charge in [-0.3, -0.25) is 4.79 Å². The molecular formula is C20H22N4OS. The van der Waals surface area contributed by atoms with E-state index in [-0.39, 0.29) is 5.91 Å². The van der Waals surface area contributed by atoms with Gasteiger partial charge in [-0.2, -0.15) is 0 Å². The summed E-state index contributed by atoms with van der Waals surface area (Å²) in [4.78, 5) is 23.4. The smallest absolute Gasteiger partial charge is 0.219 e. The third-order valence-electron chi connectivity index (χ3n) is 5.01. The summed E-state index contributed by atoms with van der Waals surface area (Å²) in [6, 6.07) is 8.90. The van der Waals surface area contributed by atoms with Gasteiger partial charge in [-0.15, -0.1) is 11.3 Å². The molecule has 0 atom stereocenters. The van der Waals surface area contributed by atoms with Crippen LogP contribution in [0.4, 0.5) is 5.82 Å². The molecule has 1 fully saturated rings. The van der Waals surface area contributed by atoms with Gasteiger partial charge in [-0.1, -0.05) is 29.8 Å². The van der Waals surface area contributed by atoms with Crippen molar-refractivity contribution in [3.63, 3.8) is 0 Å². The predicted octanol–water partition coefficient (Wildman–Crippen LogP) is 4.09. The second kappa shape index (κ2) is 7.03. The van der Waals surface area contributed by atoms with Crippen molar-refractivity contribution in [2.75, 3.05) is 18.4 Å². The number of amides is 1. The van der Waals surface area contributed by atoms with E-state index in [1.54, 1.807) is 24.6 Å². The summed E-state index contributed by atoms with van der Waals surface area (Å²) >= 11 is 1.65.